The van der Waals surface area contributed by atoms with Crippen molar-refractivity contribution in [3.8, 4) is 0 Å². The first-order chi connectivity index (χ1) is 13.8. The van der Waals surface area contributed by atoms with Crippen LogP contribution in [0.2, 0.25) is 0 Å². The van der Waals surface area contributed by atoms with Gasteiger partial charge in [0.2, 0.25) is 0 Å². The first kappa shape index (κ1) is 28.4. The molecule has 29 heavy (non-hydrogen) atoms. The normalized spacial score (nSPS) is 42.8. The molecule has 10 atom stereocenters. The predicted octanol–water partition coefficient (Wildman–Crippen LogP) is -0.0667. The summed E-state index contributed by atoms with van der Waals surface area (Å²) in [6, 6.07) is 0. The second-order valence-corrected chi connectivity index (χ2v) is 7.01. The standard InChI is InChI=1S/C14H26O12S.I2/c1-5-6(2)13(21-7(3-15)9(5)17)23-14-12(24-27-26-25-20)11(19)10(18)8(4-16)22-14;1-2/h5-20H,3-4H2,1-2H3;. The Morgan fingerprint density at radius 3 is 1.97 bits per heavy atom. The van der Waals surface area contributed by atoms with Crippen LogP contribution in [0.5, 0.6) is 0 Å². The SMILES string of the molecule is CC1C(OC2OC(CO)C(O)C(O)C2OSOOO)OC(CO)C(O)C1C.II. The summed E-state index contributed by atoms with van der Waals surface area (Å²) in [6.45, 7) is 2.51. The maximum atomic E-state index is 10.3. The van der Waals surface area contributed by atoms with Gasteiger partial charge in [0.05, 0.1) is 19.3 Å². The van der Waals surface area contributed by atoms with E-state index < -0.39 is 62.4 Å². The molecule has 12 nitrogen and oxygen atoms in total. The molecule has 0 radical (unpaired) electrons. The highest BCUT2D eigenvalue weighted by Crippen LogP contribution is 2.35. The van der Waals surface area contributed by atoms with E-state index in [4.69, 9.17) is 23.7 Å². The molecule has 0 aromatic rings. The van der Waals surface area contributed by atoms with Gasteiger partial charge < -0.3 is 39.7 Å². The lowest BCUT2D eigenvalue weighted by Crippen LogP contribution is -2.61. The minimum atomic E-state index is -1.54. The quantitative estimate of drug-likeness (QED) is 0.0666. The van der Waals surface area contributed by atoms with E-state index in [-0.39, 0.29) is 24.2 Å². The number of aliphatic hydroxyl groups is 5. The van der Waals surface area contributed by atoms with Crippen LogP contribution in [0, 0.1) is 11.8 Å². The summed E-state index contributed by atoms with van der Waals surface area (Å²) < 4.78 is 26.0. The van der Waals surface area contributed by atoms with Crippen LogP contribution < -0.4 is 0 Å². The highest BCUT2D eigenvalue weighted by molar-refractivity contribution is 15.0. The minimum Gasteiger partial charge on any atom is -0.394 e. The Hall–Kier alpha value is 1.33. The number of halogens is 2. The van der Waals surface area contributed by atoms with Crippen LogP contribution in [0.15, 0.2) is 0 Å². The van der Waals surface area contributed by atoms with Crippen LogP contribution >= 0.6 is 49.6 Å². The predicted molar refractivity (Wildman–Crippen MR) is 114 cm³/mol. The zero-order valence-corrected chi connectivity index (χ0v) is 20.6. The second-order valence-electron chi connectivity index (χ2n) is 6.55. The monoisotopic (exact) mass is 672 g/mol. The average Bonchev–Trinajstić information content (AvgIpc) is 2.74. The maximum Gasteiger partial charge on any atom is 0.198 e. The van der Waals surface area contributed by atoms with E-state index in [0.29, 0.717) is 0 Å². The smallest absolute Gasteiger partial charge is 0.198 e. The van der Waals surface area contributed by atoms with Crippen molar-refractivity contribution in [2.75, 3.05) is 13.2 Å². The molecule has 2 rings (SSSR count). The molecule has 0 aromatic carbocycles. The maximum absolute atomic E-state index is 10.3. The Morgan fingerprint density at radius 2 is 1.41 bits per heavy atom. The van der Waals surface area contributed by atoms with E-state index in [1.807, 2.05) is 0 Å². The van der Waals surface area contributed by atoms with Gasteiger partial charge in [0.25, 0.3) is 0 Å². The zero-order chi connectivity index (χ0) is 22.1. The third-order valence-electron chi connectivity index (χ3n) is 4.97. The van der Waals surface area contributed by atoms with Gasteiger partial charge in [-0.25, -0.2) is 5.26 Å². The van der Waals surface area contributed by atoms with Gasteiger partial charge in [-0.05, 0) is 5.92 Å². The summed E-state index contributed by atoms with van der Waals surface area (Å²) in [5, 5.41) is 60.7. The molecule has 0 saturated carbocycles. The molecular weight excluding hydrogens is 646 g/mol. The second kappa shape index (κ2) is 14.5. The highest BCUT2D eigenvalue weighted by atomic mass is 128. The van der Waals surface area contributed by atoms with Crippen LogP contribution in [0.3, 0.4) is 0 Å². The third kappa shape index (κ3) is 7.42. The van der Waals surface area contributed by atoms with Gasteiger partial charge in [-0.3, -0.25) is 4.18 Å². The number of ether oxygens (including phenoxy) is 3. The molecule has 0 bridgehead atoms. The average molecular weight is 672 g/mol. The first-order valence-electron chi connectivity index (χ1n) is 8.52. The van der Waals surface area contributed by atoms with Crippen molar-refractivity contribution in [3.05, 3.63) is 0 Å². The molecule has 2 saturated heterocycles. The molecule has 2 aliphatic rings. The lowest BCUT2D eigenvalue weighted by Gasteiger charge is -2.46. The Morgan fingerprint density at radius 1 is 0.862 bits per heavy atom. The Kier molecular flexibility index (Phi) is 14.2. The summed E-state index contributed by atoms with van der Waals surface area (Å²) in [5.41, 5.74) is 0. The number of rotatable bonds is 8. The molecule has 10 unspecified atom stereocenters. The summed E-state index contributed by atoms with van der Waals surface area (Å²) in [4.78, 5) is 0. The van der Waals surface area contributed by atoms with Gasteiger partial charge in [0, 0.05) is 43.1 Å². The lowest BCUT2D eigenvalue weighted by molar-refractivity contribution is -0.435. The van der Waals surface area contributed by atoms with Crippen molar-refractivity contribution < 1.29 is 58.6 Å². The molecule has 0 amide bonds. The highest BCUT2D eigenvalue weighted by Gasteiger charge is 2.49. The van der Waals surface area contributed by atoms with Gasteiger partial charge in [0.15, 0.2) is 31.0 Å². The topological polar surface area (TPSA) is 177 Å². The van der Waals surface area contributed by atoms with Crippen LogP contribution in [-0.2, 0) is 27.8 Å². The van der Waals surface area contributed by atoms with E-state index in [1.165, 1.54) is 0 Å². The minimum absolute atomic E-state index is 0.160. The van der Waals surface area contributed by atoms with Crippen molar-refractivity contribution in [2.45, 2.75) is 63.1 Å². The van der Waals surface area contributed by atoms with Gasteiger partial charge in [0.1, 0.15) is 24.4 Å². The van der Waals surface area contributed by atoms with Crippen LogP contribution in [0.4, 0.5) is 0 Å². The fraction of sp³-hybridized carbons (Fsp3) is 1.00. The molecule has 0 aliphatic carbocycles. The van der Waals surface area contributed by atoms with E-state index in [9.17, 15) is 25.5 Å². The Balaban J connectivity index is 0.00000204. The Labute approximate surface area is 195 Å². The summed E-state index contributed by atoms with van der Waals surface area (Å²) in [6.07, 6.45) is -9.52. The molecule has 0 aromatic heterocycles. The molecule has 2 fully saturated rings. The zero-order valence-electron chi connectivity index (χ0n) is 15.5. The van der Waals surface area contributed by atoms with Crippen LogP contribution in [-0.4, -0.2) is 93.2 Å². The van der Waals surface area contributed by atoms with Gasteiger partial charge in [-0.1, -0.05) is 18.9 Å². The molecule has 0 spiro atoms. The number of hydrogen-bond acceptors (Lipinski definition) is 13. The van der Waals surface area contributed by atoms with E-state index in [1.54, 1.807) is 13.8 Å². The molecule has 2 heterocycles. The summed E-state index contributed by atoms with van der Waals surface area (Å²) in [5.74, 6) is -0.609. The van der Waals surface area contributed by atoms with Crippen molar-refractivity contribution in [1.29, 1.82) is 0 Å². The Bertz CT molecular complexity index is 453. The van der Waals surface area contributed by atoms with Crippen molar-refractivity contribution >= 4 is 49.6 Å². The van der Waals surface area contributed by atoms with Crippen molar-refractivity contribution in [2.24, 2.45) is 11.8 Å². The van der Waals surface area contributed by atoms with Crippen LogP contribution in [0.1, 0.15) is 13.8 Å². The van der Waals surface area contributed by atoms with E-state index in [2.05, 4.69) is 46.6 Å². The number of aliphatic hydroxyl groups excluding tert-OH is 5. The molecule has 15 heteroatoms. The van der Waals surface area contributed by atoms with Gasteiger partial charge in [-0.2, -0.15) is 0 Å². The molecule has 2 aliphatic heterocycles. The summed E-state index contributed by atoms with van der Waals surface area (Å²) in [7, 11) is 0. The fourth-order valence-electron chi connectivity index (χ4n) is 3.06. The van der Waals surface area contributed by atoms with Crippen LogP contribution in [0.25, 0.3) is 0 Å². The van der Waals surface area contributed by atoms with E-state index >= 15 is 0 Å². The molecule has 174 valence electrons. The van der Waals surface area contributed by atoms with Gasteiger partial charge in [-0.15, -0.1) is 4.33 Å². The molecule has 6 N–H and O–H groups in total. The van der Waals surface area contributed by atoms with Crippen molar-refractivity contribution in [3.63, 3.8) is 0 Å². The largest absolute Gasteiger partial charge is 0.394 e. The fourth-order valence-corrected chi connectivity index (χ4v) is 3.41. The first-order valence-corrected chi connectivity index (χ1v) is 15.5. The lowest BCUT2D eigenvalue weighted by atomic mass is 9.85. The van der Waals surface area contributed by atoms with Crippen molar-refractivity contribution in [1.82, 2.24) is 0 Å². The molecular formula is C14H26I2O12S. The number of hydrogen-bond donors (Lipinski definition) is 6. The third-order valence-corrected chi connectivity index (χ3v) is 5.39. The summed E-state index contributed by atoms with van der Waals surface area (Å²) >= 11 is 4.40. The van der Waals surface area contributed by atoms with E-state index in [0.717, 1.165) is 0 Å². The van der Waals surface area contributed by atoms with Gasteiger partial charge >= 0.3 is 0 Å².